The molecule has 0 saturated carbocycles. The Kier molecular flexibility index (Phi) is 6.37. The third-order valence-electron chi connectivity index (χ3n) is 3.81. The molecular weight excluding hydrogens is 371 g/mol. The second-order valence-corrected chi connectivity index (χ2v) is 6.21. The molecule has 0 atom stereocenters. The van der Waals surface area contributed by atoms with Crippen LogP contribution < -0.4 is 15.4 Å². The van der Waals surface area contributed by atoms with Crippen LogP contribution in [-0.4, -0.2) is 11.8 Å². The number of benzene rings is 3. The maximum Gasteiger partial charge on any atom is 0.248 e. The molecule has 0 bridgehead atoms. The van der Waals surface area contributed by atoms with Crippen LogP contribution in [0.15, 0.2) is 78.9 Å². The molecule has 0 fully saturated rings. The van der Waals surface area contributed by atoms with Crippen molar-refractivity contribution in [2.45, 2.75) is 6.92 Å². The molecule has 3 rings (SSSR count). The number of carbonyl (C=O) groups excluding carboxylic acids is 2. The number of nitrogens with one attached hydrogen (secondary N) is 2. The monoisotopic (exact) mass is 390 g/mol. The molecule has 5 nitrogen and oxygen atoms in total. The van der Waals surface area contributed by atoms with Crippen LogP contribution >= 0.6 is 0 Å². The quantitative estimate of drug-likeness (QED) is 0.567. The molecule has 0 aromatic heterocycles. The van der Waals surface area contributed by atoms with E-state index in [1.165, 1.54) is 25.1 Å². The maximum absolute atomic E-state index is 13.2. The highest BCUT2D eigenvalue weighted by Crippen LogP contribution is 2.23. The first-order chi connectivity index (χ1) is 14.0. The smallest absolute Gasteiger partial charge is 0.248 e. The number of halogens is 1. The Labute approximate surface area is 167 Å². The van der Waals surface area contributed by atoms with Gasteiger partial charge >= 0.3 is 0 Å². The Morgan fingerprint density at radius 1 is 0.862 bits per heavy atom. The Balaban J connectivity index is 1.55. The van der Waals surface area contributed by atoms with E-state index in [4.69, 9.17) is 4.74 Å². The Morgan fingerprint density at radius 3 is 2.17 bits per heavy atom. The second-order valence-electron chi connectivity index (χ2n) is 6.21. The summed E-state index contributed by atoms with van der Waals surface area (Å²) in [5.74, 6) is 0.135. The molecule has 0 spiro atoms. The summed E-state index contributed by atoms with van der Waals surface area (Å²) in [6.45, 7) is 1.44. The van der Waals surface area contributed by atoms with E-state index in [0.29, 0.717) is 22.9 Å². The number of ether oxygens (including phenoxy) is 1. The van der Waals surface area contributed by atoms with E-state index < -0.39 is 0 Å². The summed E-state index contributed by atoms with van der Waals surface area (Å²) < 4.78 is 18.8. The number of hydrogen-bond acceptors (Lipinski definition) is 3. The van der Waals surface area contributed by atoms with Crippen LogP contribution in [0.2, 0.25) is 0 Å². The van der Waals surface area contributed by atoms with Gasteiger partial charge in [-0.25, -0.2) is 4.39 Å². The van der Waals surface area contributed by atoms with Crippen LogP contribution in [0.5, 0.6) is 11.5 Å². The van der Waals surface area contributed by atoms with E-state index in [2.05, 4.69) is 10.6 Å². The van der Waals surface area contributed by atoms with E-state index in [1.807, 2.05) is 0 Å². The van der Waals surface area contributed by atoms with Gasteiger partial charge in [-0.05, 0) is 60.2 Å². The van der Waals surface area contributed by atoms with E-state index in [1.54, 1.807) is 66.7 Å². The molecule has 6 heteroatoms. The van der Waals surface area contributed by atoms with E-state index in [0.717, 1.165) is 5.56 Å². The minimum Gasteiger partial charge on any atom is -0.457 e. The predicted molar refractivity (Wildman–Crippen MR) is 111 cm³/mol. The van der Waals surface area contributed by atoms with Gasteiger partial charge in [0, 0.05) is 30.4 Å². The van der Waals surface area contributed by atoms with Gasteiger partial charge in [-0.3, -0.25) is 9.59 Å². The van der Waals surface area contributed by atoms with Crippen LogP contribution in [0.4, 0.5) is 15.8 Å². The van der Waals surface area contributed by atoms with Crippen molar-refractivity contribution < 1.29 is 18.7 Å². The van der Waals surface area contributed by atoms with Crippen molar-refractivity contribution in [2.75, 3.05) is 10.6 Å². The topological polar surface area (TPSA) is 67.4 Å². The molecule has 0 aliphatic rings. The first-order valence-corrected chi connectivity index (χ1v) is 8.88. The van der Waals surface area contributed by atoms with Crippen molar-refractivity contribution in [1.82, 2.24) is 0 Å². The minimum atomic E-state index is -0.372. The lowest BCUT2D eigenvalue weighted by atomic mass is 10.2. The van der Waals surface area contributed by atoms with Crippen molar-refractivity contribution in [2.24, 2.45) is 0 Å². The predicted octanol–water partition coefficient (Wildman–Crippen LogP) is 5.23. The Morgan fingerprint density at radius 2 is 1.52 bits per heavy atom. The molecular formula is C23H19FN2O3. The fraction of sp³-hybridized carbons (Fsp3) is 0.0435. The van der Waals surface area contributed by atoms with Gasteiger partial charge in [-0.1, -0.05) is 18.2 Å². The normalized spacial score (nSPS) is 10.6. The van der Waals surface area contributed by atoms with Crippen molar-refractivity contribution in [3.8, 4) is 11.5 Å². The van der Waals surface area contributed by atoms with Crippen LogP contribution in [0.1, 0.15) is 12.5 Å². The highest BCUT2D eigenvalue weighted by Gasteiger charge is 2.02. The lowest BCUT2D eigenvalue weighted by molar-refractivity contribution is -0.114. The van der Waals surface area contributed by atoms with E-state index in [9.17, 15) is 14.0 Å². The van der Waals surface area contributed by atoms with E-state index in [-0.39, 0.29) is 17.6 Å². The summed E-state index contributed by atoms with van der Waals surface area (Å²) in [4.78, 5) is 23.1. The third kappa shape index (κ3) is 6.32. The molecule has 0 radical (unpaired) electrons. The van der Waals surface area contributed by atoms with Crippen LogP contribution in [0, 0.1) is 5.82 Å². The summed E-state index contributed by atoms with van der Waals surface area (Å²) >= 11 is 0. The van der Waals surface area contributed by atoms with Gasteiger partial charge in [-0.2, -0.15) is 0 Å². The molecule has 2 N–H and O–H groups in total. The average Bonchev–Trinajstić information content (AvgIpc) is 2.69. The molecule has 146 valence electrons. The van der Waals surface area contributed by atoms with Crippen molar-refractivity contribution in [3.63, 3.8) is 0 Å². The molecule has 0 heterocycles. The lowest BCUT2D eigenvalue weighted by Crippen LogP contribution is -2.07. The van der Waals surface area contributed by atoms with Gasteiger partial charge in [0.2, 0.25) is 11.8 Å². The Bertz CT molecular complexity index is 1030. The van der Waals surface area contributed by atoms with Gasteiger partial charge in [0.05, 0.1) is 0 Å². The van der Waals surface area contributed by atoms with Crippen LogP contribution in [-0.2, 0) is 9.59 Å². The van der Waals surface area contributed by atoms with Gasteiger partial charge in [0.25, 0.3) is 0 Å². The number of anilines is 2. The van der Waals surface area contributed by atoms with Crippen LogP contribution in [0.3, 0.4) is 0 Å². The molecule has 0 aliphatic heterocycles. The zero-order valence-electron chi connectivity index (χ0n) is 15.7. The van der Waals surface area contributed by atoms with Crippen molar-refractivity contribution in [1.29, 1.82) is 0 Å². The summed E-state index contributed by atoms with van der Waals surface area (Å²) in [7, 11) is 0. The number of hydrogen-bond donors (Lipinski definition) is 2. The summed E-state index contributed by atoms with van der Waals surface area (Å²) in [6.07, 6.45) is 3.10. The fourth-order valence-electron chi connectivity index (χ4n) is 2.51. The molecule has 0 saturated heterocycles. The molecule has 3 aromatic carbocycles. The third-order valence-corrected chi connectivity index (χ3v) is 3.81. The minimum absolute atomic E-state index is 0.139. The molecule has 3 aromatic rings. The largest absolute Gasteiger partial charge is 0.457 e. The number of amides is 2. The van der Waals surface area contributed by atoms with Gasteiger partial charge in [-0.15, -0.1) is 0 Å². The summed E-state index contributed by atoms with van der Waals surface area (Å²) in [5.41, 5.74) is 2.12. The van der Waals surface area contributed by atoms with Gasteiger partial charge in [0.1, 0.15) is 17.3 Å². The summed E-state index contributed by atoms with van der Waals surface area (Å²) in [5, 5.41) is 5.43. The fourth-order valence-corrected chi connectivity index (χ4v) is 2.51. The first kappa shape index (κ1) is 19.8. The number of carbonyl (C=O) groups is 2. The molecule has 0 aliphatic carbocycles. The van der Waals surface area contributed by atoms with Gasteiger partial charge in [0.15, 0.2) is 0 Å². The van der Waals surface area contributed by atoms with Crippen molar-refractivity contribution in [3.05, 3.63) is 90.3 Å². The molecule has 29 heavy (non-hydrogen) atoms. The summed E-state index contributed by atoms with van der Waals surface area (Å²) in [6, 6.07) is 19.7. The van der Waals surface area contributed by atoms with Crippen LogP contribution in [0.25, 0.3) is 6.08 Å². The zero-order valence-corrected chi connectivity index (χ0v) is 15.7. The van der Waals surface area contributed by atoms with Gasteiger partial charge < -0.3 is 15.4 Å². The highest BCUT2D eigenvalue weighted by molar-refractivity contribution is 6.02. The SMILES string of the molecule is CC(=O)Nc1ccc(C=CC(=O)Nc2ccc(Oc3cccc(F)c3)cc2)cc1. The first-order valence-electron chi connectivity index (χ1n) is 8.88. The maximum atomic E-state index is 13.2. The van der Waals surface area contributed by atoms with Crippen molar-refractivity contribution >= 4 is 29.3 Å². The molecule has 2 amide bonds. The number of rotatable bonds is 6. The van der Waals surface area contributed by atoms with E-state index >= 15 is 0 Å². The zero-order chi connectivity index (χ0) is 20.6. The second kappa shape index (κ2) is 9.32. The average molecular weight is 390 g/mol. The standard InChI is InChI=1S/C23H19FN2O3/c1-16(27)25-19-8-5-17(6-9-19)7-14-23(28)26-20-10-12-21(13-11-20)29-22-4-2-3-18(24)15-22/h2-15H,1H3,(H,25,27)(H,26,28). The lowest BCUT2D eigenvalue weighted by Gasteiger charge is -2.07. The highest BCUT2D eigenvalue weighted by atomic mass is 19.1. The Hall–Kier alpha value is -3.93. The molecule has 0 unspecified atom stereocenters.